The van der Waals surface area contributed by atoms with Gasteiger partial charge in [0.15, 0.2) is 0 Å². The summed E-state index contributed by atoms with van der Waals surface area (Å²) in [7, 11) is 0. The third kappa shape index (κ3) is 2.36. The number of hydrogen-bond donors (Lipinski definition) is 1. The maximum atomic E-state index is 11.8. The Hall–Kier alpha value is -1.69. The van der Waals surface area contributed by atoms with E-state index in [1.54, 1.807) is 10.9 Å². The first-order chi connectivity index (χ1) is 8.11. The van der Waals surface area contributed by atoms with Gasteiger partial charge in [0.2, 0.25) is 11.8 Å². The fourth-order valence-corrected chi connectivity index (χ4v) is 1.87. The van der Waals surface area contributed by atoms with Gasteiger partial charge in [0.1, 0.15) is 0 Å². The lowest BCUT2D eigenvalue weighted by Gasteiger charge is -2.28. The van der Waals surface area contributed by atoms with Crippen molar-refractivity contribution in [1.82, 2.24) is 14.7 Å². The van der Waals surface area contributed by atoms with Gasteiger partial charge in [-0.05, 0) is 13.3 Å². The zero-order valence-corrected chi connectivity index (χ0v) is 9.80. The van der Waals surface area contributed by atoms with Gasteiger partial charge < -0.3 is 5.73 Å². The highest BCUT2D eigenvalue weighted by molar-refractivity contribution is 6.00. The SMILES string of the molecule is CCn1cc(CN2C(=O)CCC(N)C2=O)cn1. The van der Waals surface area contributed by atoms with Crippen LogP contribution in [0.4, 0.5) is 0 Å². The second-order valence-corrected chi connectivity index (χ2v) is 4.17. The van der Waals surface area contributed by atoms with Crippen LogP contribution in [0.3, 0.4) is 0 Å². The minimum atomic E-state index is -0.547. The second-order valence-electron chi connectivity index (χ2n) is 4.17. The number of carbonyl (C=O) groups is 2. The van der Waals surface area contributed by atoms with Crippen LogP contribution in [-0.2, 0) is 22.7 Å². The molecule has 1 aromatic rings. The van der Waals surface area contributed by atoms with Gasteiger partial charge in [-0.25, -0.2) is 0 Å². The Kier molecular flexibility index (Phi) is 3.23. The summed E-state index contributed by atoms with van der Waals surface area (Å²) in [4.78, 5) is 24.6. The van der Waals surface area contributed by atoms with Crippen LogP contribution in [-0.4, -0.2) is 32.5 Å². The van der Waals surface area contributed by atoms with E-state index in [9.17, 15) is 9.59 Å². The summed E-state index contributed by atoms with van der Waals surface area (Å²) in [5.41, 5.74) is 6.50. The molecule has 0 bridgehead atoms. The molecule has 6 nitrogen and oxygen atoms in total. The molecule has 0 radical (unpaired) electrons. The third-order valence-electron chi connectivity index (χ3n) is 2.90. The first kappa shape index (κ1) is 11.8. The summed E-state index contributed by atoms with van der Waals surface area (Å²) >= 11 is 0. The summed E-state index contributed by atoms with van der Waals surface area (Å²) in [6.07, 6.45) is 4.29. The number of nitrogens with two attached hydrogens (primary N) is 1. The molecule has 92 valence electrons. The van der Waals surface area contributed by atoms with Crippen molar-refractivity contribution in [2.75, 3.05) is 0 Å². The topological polar surface area (TPSA) is 81.2 Å². The number of amides is 2. The van der Waals surface area contributed by atoms with Gasteiger partial charge in [-0.1, -0.05) is 0 Å². The predicted octanol–water partition coefficient (Wildman–Crippen LogP) is -0.121. The van der Waals surface area contributed by atoms with Crippen molar-refractivity contribution in [3.63, 3.8) is 0 Å². The van der Waals surface area contributed by atoms with Crippen LogP contribution in [0.25, 0.3) is 0 Å². The Morgan fingerprint density at radius 2 is 2.29 bits per heavy atom. The molecule has 1 unspecified atom stereocenters. The van der Waals surface area contributed by atoms with Crippen molar-refractivity contribution in [1.29, 1.82) is 0 Å². The maximum absolute atomic E-state index is 11.8. The molecule has 17 heavy (non-hydrogen) atoms. The minimum Gasteiger partial charge on any atom is -0.320 e. The van der Waals surface area contributed by atoms with E-state index in [1.165, 1.54) is 4.90 Å². The van der Waals surface area contributed by atoms with E-state index in [0.717, 1.165) is 12.1 Å². The molecule has 0 aromatic carbocycles. The summed E-state index contributed by atoms with van der Waals surface area (Å²) in [6, 6.07) is -0.547. The molecule has 1 aromatic heterocycles. The number of hydrogen-bond acceptors (Lipinski definition) is 4. The van der Waals surface area contributed by atoms with E-state index in [1.807, 2.05) is 13.1 Å². The van der Waals surface area contributed by atoms with Crippen LogP contribution in [0.1, 0.15) is 25.3 Å². The number of nitrogens with zero attached hydrogens (tertiary/aromatic N) is 3. The fourth-order valence-electron chi connectivity index (χ4n) is 1.87. The van der Waals surface area contributed by atoms with Crippen molar-refractivity contribution < 1.29 is 9.59 Å². The molecule has 1 fully saturated rings. The zero-order valence-electron chi connectivity index (χ0n) is 9.80. The van der Waals surface area contributed by atoms with Gasteiger partial charge in [-0.2, -0.15) is 5.10 Å². The second kappa shape index (κ2) is 4.67. The van der Waals surface area contributed by atoms with Crippen LogP contribution < -0.4 is 5.73 Å². The molecule has 0 spiro atoms. The molecule has 2 rings (SSSR count). The van der Waals surface area contributed by atoms with Crippen LogP contribution in [0, 0.1) is 0 Å². The lowest BCUT2D eigenvalue weighted by atomic mass is 10.0. The molecule has 1 aliphatic heterocycles. The lowest BCUT2D eigenvalue weighted by Crippen LogP contribution is -2.50. The van der Waals surface area contributed by atoms with Gasteiger partial charge in [0.25, 0.3) is 0 Å². The molecule has 0 saturated carbocycles. The van der Waals surface area contributed by atoms with Crippen LogP contribution in [0.2, 0.25) is 0 Å². The Bertz CT molecular complexity index is 440. The quantitative estimate of drug-likeness (QED) is 0.742. The van der Waals surface area contributed by atoms with Gasteiger partial charge >= 0.3 is 0 Å². The summed E-state index contributed by atoms with van der Waals surface area (Å²) in [5, 5.41) is 4.11. The highest BCUT2D eigenvalue weighted by Gasteiger charge is 2.31. The van der Waals surface area contributed by atoms with E-state index < -0.39 is 6.04 Å². The number of carbonyl (C=O) groups excluding carboxylic acids is 2. The summed E-state index contributed by atoms with van der Waals surface area (Å²) in [5.74, 6) is -0.438. The average molecular weight is 236 g/mol. The zero-order chi connectivity index (χ0) is 12.4. The monoisotopic (exact) mass is 236 g/mol. The Balaban J connectivity index is 2.10. The van der Waals surface area contributed by atoms with E-state index in [-0.39, 0.29) is 18.4 Å². The first-order valence-corrected chi connectivity index (χ1v) is 5.73. The van der Waals surface area contributed by atoms with Crippen LogP contribution in [0.15, 0.2) is 12.4 Å². The molecule has 6 heteroatoms. The van der Waals surface area contributed by atoms with Crippen molar-refractivity contribution >= 4 is 11.8 Å². The van der Waals surface area contributed by atoms with Gasteiger partial charge in [0, 0.05) is 24.7 Å². The molecule has 2 N–H and O–H groups in total. The normalized spacial score (nSPS) is 21.1. The number of aryl methyl sites for hydroxylation is 1. The largest absolute Gasteiger partial charge is 0.320 e. The minimum absolute atomic E-state index is 0.152. The first-order valence-electron chi connectivity index (χ1n) is 5.73. The molecular formula is C11H16N4O2. The van der Waals surface area contributed by atoms with Crippen molar-refractivity contribution in [3.05, 3.63) is 18.0 Å². The summed E-state index contributed by atoms with van der Waals surface area (Å²) in [6.45, 7) is 3.01. The van der Waals surface area contributed by atoms with Crippen molar-refractivity contribution in [3.8, 4) is 0 Å². The van der Waals surface area contributed by atoms with Gasteiger partial charge in [-0.3, -0.25) is 19.2 Å². The van der Waals surface area contributed by atoms with Crippen molar-refractivity contribution in [2.45, 2.75) is 38.9 Å². The highest BCUT2D eigenvalue weighted by atomic mass is 16.2. The lowest BCUT2D eigenvalue weighted by molar-refractivity contribution is -0.149. The molecular weight excluding hydrogens is 220 g/mol. The molecule has 2 heterocycles. The van der Waals surface area contributed by atoms with Crippen molar-refractivity contribution in [2.24, 2.45) is 5.73 Å². The summed E-state index contributed by atoms with van der Waals surface area (Å²) < 4.78 is 1.76. The number of imide groups is 1. The number of rotatable bonds is 3. The number of likely N-dealkylation sites (tertiary alicyclic amines) is 1. The van der Waals surface area contributed by atoms with Gasteiger partial charge in [0.05, 0.1) is 18.8 Å². The molecule has 1 aliphatic rings. The van der Waals surface area contributed by atoms with Gasteiger partial charge in [-0.15, -0.1) is 0 Å². The standard InChI is InChI=1S/C11H16N4O2/c1-2-14-6-8(5-13-14)7-15-10(16)4-3-9(12)11(15)17/h5-6,9H,2-4,7,12H2,1H3. The number of piperidine rings is 1. The maximum Gasteiger partial charge on any atom is 0.246 e. The average Bonchev–Trinajstić information content (AvgIpc) is 2.77. The number of aromatic nitrogens is 2. The fraction of sp³-hybridized carbons (Fsp3) is 0.545. The van der Waals surface area contributed by atoms with Crippen LogP contribution in [0.5, 0.6) is 0 Å². The molecule has 1 saturated heterocycles. The predicted molar refractivity (Wildman–Crippen MR) is 60.7 cm³/mol. The Labute approximate surface area is 99.4 Å². The van der Waals surface area contributed by atoms with E-state index >= 15 is 0 Å². The van der Waals surface area contributed by atoms with E-state index in [4.69, 9.17) is 5.73 Å². The third-order valence-corrected chi connectivity index (χ3v) is 2.90. The smallest absolute Gasteiger partial charge is 0.246 e. The van der Waals surface area contributed by atoms with E-state index in [0.29, 0.717) is 12.8 Å². The van der Waals surface area contributed by atoms with E-state index in [2.05, 4.69) is 5.10 Å². The Morgan fingerprint density at radius 3 is 2.94 bits per heavy atom. The highest BCUT2D eigenvalue weighted by Crippen LogP contribution is 2.15. The Morgan fingerprint density at radius 1 is 1.53 bits per heavy atom. The molecule has 0 aliphatic carbocycles. The molecule has 1 atom stereocenters. The van der Waals surface area contributed by atoms with Crippen LogP contribution >= 0.6 is 0 Å². The molecule has 2 amide bonds.